The minimum atomic E-state index is -0.391. The van der Waals surface area contributed by atoms with Crippen LogP contribution in [0.1, 0.15) is 24.8 Å². The predicted molar refractivity (Wildman–Crippen MR) is 106 cm³/mol. The van der Waals surface area contributed by atoms with E-state index in [-0.39, 0.29) is 11.7 Å². The summed E-state index contributed by atoms with van der Waals surface area (Å²) in [6, 6.07) is 11.3. The Morgan fingerprint density at radius 2 is 2.04 bits per heavy atom. The number of amides is 3. The van der Waals surface area contributed by atoms with Crippen molar-refractivity contribution in [2.24, 2.45) is 0 Å². The summed E-state index contributed by atoms with van der Waals surface area (Å²) in [4.78, 5) is 26.1. The summed E-state index contributed by atoms with van der Waals surface area (Å²) in [5, 5.41) is 5.47. The van der Waals surface area contributed by atoms with Gasteiger partial charge in [0.1, 0.15) is 11.6 Å². The van der Waals surface area contributed by atoms with E-state index in [1.54, 1.807) is 48.4 Å². The Morgan fingerprint density at radius 3 is 2.79 bits per heavy atom. The van der Waals surface area contributed by atoms with Gasteiger partial charge in [-0.2, -0.15) is 0 Å². The third-order valence-corrected chi connectivity index (χ3v) is 4.69. The van der Waals surface area contributed by atoms with Crippen LogP contribution < -0.4 is 20.3 Å². The maximum absolute atomic E-state index is 13.6. The van der Waals surface area contributed by atoms with Crippen LogP contribution in [0.3, 0.4) is 0 Å². The second-order valence-corrected chi connectivity index (χ2v) is 6.61. The molecule has 1 saturated heterocycles. The molecule has 0 atom stereocenters. The summed E-state index contributed by atoms with van der Waals surface area (Å²) in [7, 11) is 1.55. The minimum Gasteiger partial charge on any atom is -0.495 e. The maximum Gasteiger partial charge on any atom is 0.319 e. The van der Waals surface area contributed by atoms with E-state index in [9.17, 15) is 14.0 Å². The molecule has 6 nitrogen and oxygen atoms in total. The van der Waals surface area contributed by atoms with Crippen molar-refractivity contribution in [3.63, 3.8) is 0 Å². The number of benzene rings is 2. The number of nitrogens with zero attached hydrogens (tertiary/aromatic N) is 1. The van der Waals surface area contributed by atoms with Gasteiger partial charge < -0.3 is 20.3 Å². The van der Waals surface area contributed by atoms with E-state index < -0.39 is 6.03 Å². The molecule has 0 radical (unpaired) electrons. The summed E-state index contributed by atoms with van der Waals surface area (Å²) in [6.45, 7) is 0.938. The van der Waals surface area contributed by atoms with Crippen LogP contribution >= 0.6 is 0 Å². The van der Waals surface area contributed by atoms with Crippen molar-refractivity contribution in [2.75, 3.05) is 30.4 Å². The highest BCUT2D eigenvalue weighted by Crippen LogP contribution is 2.33. The molecule has 7 heteroatoms. The van der Waals surface area contributed by atoms with Crippen LogP contribution in [0.4, 0.5) is 20.6 Å². The lowest BCUT2D eigenvalue weighted by Crippen LogP contribution is -2.35. The van der Waals surface area contributed by atoms with Gasteiger partial charge in [0.15, 0.2) is 0 Å². The molecule has 0 bridgehead atoms. The largest absolute Gasteiger partial charge is 0.495 e. The number of piperidine rings is 1. The quantitative estimate of drug-likeness (QED) is 0.796. The van der Waals surface area contributed by atoms with Crippen LogP contribution in [0, 0.1) is 5.82 Å². The molecule has 28 heavy (non-hydrogen) atoms. The lowest BCUT2D eigenvalue weighted by molar-refractivity contribution is -0.119. The number of ether oxygens (including phenoxy) is 1. The highest BCUT2D eigenvalue weighted by molar-refractivity contribution is 5.97. The fourth-order valence-corrected chi connectivity index (χ4v) is 3.23. The Morgan fingerprint density at radius 1 is 1.21 bits per heavy atom. The van der Waals surface area contributed by atoms with Gasteiger partial charge in [-0.25, -0.2) is 9.18 Å². The van der Waals surface area contributed by atoms with Crippen molar-refractivity contribution < 1.29 is 18.7 Å². The number of carbonyl (C=O) groups is 2. The zero-order valence-electron chi connectivity index (χ0n) is 15.8. The Hall–Kier alpha value is -3.09. The third-order valence-electron chi connectivity index (χ3n) is 4.69. The van der Waals surface area contributed by atoms with Gasteiger partial charge in [-0.1, -0.05) is 18.2 Å². The Balaban J connectivity index is 1.62. The monoisotopic (exact) mass is 385 g/mol. The minimum absolute atomic E-state index is 0.0519. The molecule has 0 unspecified atom stereocenters. The molecule has 1 aliphatic heterocycles. The third kappa shape index (κ3) is 4.79. The molecule has 1 aliphatic rings. The molecular formula is C21H24FN3O3. The number of anilines is 2. The number of methoxy groups -OCH3 is 1. The number of carbonyl (C=O) groups excluding carboxylic acids is 2. The van der Waals surface area contributed by atoms with Gasteiger partial charge in [-0.15, -0.1) is 0 Å². The zero-order valence-corrected chi connectivity index (χ0v) is 15.8. The molecule has 3 amide bonds. The van der Waals surface area contributed by atoms with Crippen LogP contribution in [0.25, 0.3) is 0 Å². The average molecular weight is 385 g/mol. The van der Waals surface area contributed by atoms with Crippen molar-refractivity contribution in [3.8, 4) is 5.75 Å². The fourth-order valence-electron chi connectivity index (χ4n) is 3.23. The van der Waals surface area contributed by atoms with E-state index in [4.69, 9.17) is 4.74 Å². The lowest BCUT2D eigenvalue weighted by atomic mass is 10.1. The first-order valence-electron chi connectivity index (χ1n) is 9.35. The molecule has 3 rings (SSSR count). The van der Waals surface area contributed by atoms with Crippen molar-refractivity contribution >= 4 is 23.3 Å². The highest BCUT2D eigenvalue weighted by atomic mass is 19.1. The molecule has 0 aliphatic carbocycles. The first-order valence-corrected chi connectivity index (χ1v) is 9.35. The molecule has 0 aromatic heterocycles. The Labute approximate surface area is 163 Å². The smallest absolute Gasteiger partial charge is 0.319 e. The van der Waals surface area contributed by atoms with Gasteiger partial charge in [0.2, 0.25) is 5.91 Å². The van der Waals surface area contributed by atoms with Gasteiger partial charge in [0.25, 0.3) is 0 Å². The van der Waals surface area contributed by atoms with Gasteiger partial charge in [-0.05, 0) is 49.1 Å². The van der Waals surface area contributed by atoms with E-state index >= 15 is 0 Å². The number of halogens is 1. The second kappa shape index (κ2) is 9.21. The number of hydrogen-bond donors (Lipinski definition) is 2. The van der Waals surface area contributed by atoms with E-state index in [1.807, 2.05) is 0 Å². The van der Waals surface area contributed by atoms with Crippen LogP contribution in [0.2, 0.25) is 0 Å². The maximum atomic E-state index is 13.6. The Bertz CT molecular complexity index is 857. The van der Waals surface area contributed by atoms with Crippen LogP contribution in [-0.4, -0.2) is 32.1 Å². The van der Waals surface area contributed by atoms with Gasteiger partial charge in [-0.3, -0.25) is 4.79 Å². The van der Waals surface area contributed by atoms with Crippen LogP contribution in [0.15, 0.2) is 42.5 Å². The van der Waals surface area contributed by atoms with E-state index in [0.717, 1.165) is 12.8 Å². The van der Waals surface area contributed by atoms with E-state index in [0.29, 0.717) is 48.6 Å². The Kier molecular flexibility index (Phi) is 6.47. The summed E-state index contributed by atoms with van der Waals surface area (Å²) < 4.78 is 19.0. The van der Waals surface area contributed by atoms with Gasteiger partial charge in [0, 0.05) is 25.2 Å². The first kappa shape index (κ1) is 19.7. The second-order valence-electron chi connectivity index (χ2n) is 6.61. The van der Waals surface area contributed by atoms with Crippen molar-refractivity contribution in [3.05, 3.63) is 53.8 Å². The lowest BCUT2D eigenvalue weighted by Gasteiger charge is -2.28. The average Bonchev–Trinajstić information content (AvgIpc) is 2.70. The molecular weight excluding hydrogens is 361 g/mol. The van der Waals surface area contributed by atoms with Gasteiger partial charge in [0.05, 0.1) is 12.8 Å². The number of urea groups is 1. The molecule has 148 valence electrons. The number of nitrogens with one attached hydrogen (secondary N) is 2. The molecule has 1 heterocycles. The standard InChI is InChI=1S/C21H24FN3O3/c1-28-19-10-9-16(14-18(19)25-13-5-4-8-20(25)26)24-21(27)23-12-11-15-6-2-3-7-17(15)22/h2-3,6-7,9-10,14H,4-5,8,11-13H2,1H3,(H2,23,24,27). The normalized spacial score (nSPS) is 13.9. The summed E-state index contributed by atoms with van der Waals surface area (Å²) in [5.41, 5.74) is 1.76. The zero-order chi connectivity index (χ0) is 19.9. The molecule has 0 spiro atoms. The molecule has 2 aromatic rings. The van der Waals surface area contributed by atoms with E-state index in [2.05, 4.69) is 10.6 Å². The molecule has 2 aromatic carbocycles. The summed E-state index contributed by atoms with van der Waals surface area (Å²) >= 11 is 0. The molecule has 0 saturated carbocycles. The summed E-state index contributed by atoms with van der Waals surface area (Å²) in [6.07, 6.45) is 2.73. The molecule has 2 N–H and O–H groups in total. The number of hydrogen-bond acceptors (Lipinski definition) is 3. The topological polar surface area (TPSA) is 70.7 Å². The number of rotatable bonds is 6. The highest BCUT2D eigenvalue weighted by Gasteiger charge is 2.23. The van der Waals surface area contributed by atoms with Crippen LogP contribution in [-0.2, 0) is 11.2 Å². The van der Waals surface area contributed by atoms with Crippen LogP contribution in [0.5, 0.6) is 5.75 Å². The predicted octanol–water partition coefficient (Wildman–Crippen LogP) is 3.72. The van der Waals surface area contributed by atoms with Crippen molar-refractivity contribution in [1.82, 2.24) is 5.32 Å². The molecule has 1 fully saturated rings. The van der Waals surface area contributed by atoms with Crippen molar-refractivity contribution in [2.45, 2.75) is 25.7 Å². The first-order chi connectivity index (χ1) is 13.6. The van der Waals surface area contributed by atoms with Crippen molar-refractivity contribution in [1.29, 1.82) is 0 Å². The summed E-state index contributed by atoms with van der Waals surface area (Å²) in [5.74, 6) is 0.354. The SMILES string of the molecule is COc1ccc(NC(=O)NCCc2ccccc2F)cc1N1CCCCC1=O. The van der Waals surface area contributed by atoms with Gasteiger partial charge >= 0.3 is 6.03 Å². The van der Waals surface area contributed by atoms with E-state index in [1.165, 1.54) is 6.07 Å². The fraction of sp³-hybridized carbons (Fsp3) is 0.333.